The van der Waals surface area contributed by atoms with Gasteiger partial charge in [0.25, 0.3) is 6.43 Å². The third kappa shape index (κ3) is 1.66. The molecule has 66 valence electrons. The van der Waals surface area contributed by atoms with Crippen LogP contribution in [0.2, 0.25) is 5.02 Å². The molecule has 0 aliphatic heterocycles. The van der Waals surface area contributed by atoms with Crippen LogP contribution < -0.4 is 0 Å². The van der Waals surface area contributed by atoms with Crippen LogP contribution >= 0.6 is 11.6 Å². The summed E-state index contributed by atoms with van der Waals surface area (Å²) in [6.45, 7) is 0. The van der Waals surface area contributed by atoms with Crippen molar-refractivity contribution in [2.75, 3.05) is 0 Å². The molecule has 1 nitrogen and oxygen atoms in total. The van der Waals surface area contributed by atoms with Crippen LogP contribution in [-0.4, -0.2) is 4.98 Å². The Morgan fingerprint density at radius 3 is 2.42 bits per heavy atom. The highest BCUT2D eigenvalue weighted by Gasteiger charge is 2.18. The van der Waals surface area contributed by atoms with E-state index in [9.17, 15) is 17.6 Å². The van der Waals surface area contributed by atoms with Crippen molar-refractivity contribution in [3.63, 3.8) is 0 Å². The van der Waals surface area contributed by atoms with Gasteiger partial charge in [-0.3, -0.25) is 0 Å². The van der Waals surface area contributed by atoms with E-state index in [0.717, 1.165) is 0 Å². The molecule has 0 saturated carbocycles. The van der Waals surface area contributed by atoms with Gasteiger partial charge < -0.3 is 0 Å². The van der Waals surface area contributed by atoms with Crippen molar-refractivity contribution in [3.8, 4) is 0 Å². The van der Waals surface area contributed by atoms with E-state index >= 15 is 0 Å². The molecule has 0 radical (unpaired) electrons. The third-order valence-corrected chi connectivity index (χ3v) is 1.39. The zero-order chi connectivity index (χ0) is 9.30. The highest BCUT2D eigenvalue weighted by Crippen LogP contribution is 2.23. The molecule has 1 aromatic heterocycles. The maximum atomic E-state index is 12.5. The molecule has 0 N–H and O–H groups in total. The molecule has 12 heavy (non-hydrogen) atoms. The Morgan fingerprint density at radius 2 is 1.92 bits per heavy atom. The lowest BCUT2D eigenvalue weighted by atomic mass is 10.3. The second kappa shape index (κ2) is 3.26. The summed E-state index contributed by atoms with van der Waals surface area (Å²) in [6, 6.07) is 0.464. The molecule has 1 heterocycles. The fraction of sp³-hybridized carbons (Fsp3) is 0.167. The summed E-state index contributed by atoms with van der Waals surface area (Å²) in [4.78, 5) is 2.65. The molecule has 0 atom stereocenters. The molecule has 1 rings (SSSR count). The van der Waals surface area contributed by atoms with Crippen LogP contribution in [0.5, 0.6) is 0 Å². The molecular weight excluding hydrogens is 198 g/mol. The van der Waals surface area contributed by atoms with Crippen molar-refractivity contribution in [2.45, 2.75) is 6.43 Å². The van der Waals surface area contributed by atoms with E-state index in [1.165, 1.54) is 0 Å². The van der Waals surface area contributed by atoms with Gasteiger partial charge in [-0.25, -0.2) is 18.2 Å². The molecule has 0 amide bonds. The maximum Gasteiger partial charge on any atom is 0.283 e. The number of aromatic nitrogens is 1. The minimum Gasteiger partial charge on any atom is -0.214 e. The summed E-state index contributed by atoms with van der Waals surface area (Å²) in [5.41, 5.74) is -1.23. The van der Waals surface area contributed by atoms with Crippen molar-refractivity contribution in [1.82, 2.24) is 4.98 Å². The van der Waals surface area contributed by atoms with Gasteiger partial charge in [0.1, 0.15) is 5.69 Å². The van der Waals surface area contributed by atoms with Crippen LogP contribution in [-0.2, 0) is 0 Å². The van der Waals surface area contributed by atoms with E-state index in [2.05, 4.69) is 4.98 Å². The minimum absolute atomic E-state index is 0.464. The molecular formula is C6H2ClF4N. The first-order valence-corrected chi connectivity index (χ1v) is 3.19. The Labute approximate surface area is 70.0 Å². The fourth-order valence-corrected chi connectivity index (χ4v) is 0.748. The summed E-state index contributed by atoms with van der Waals surface area (Å²) < 4.78 is 48.5. The highest BCUT2D eigenvalue weighted by atomic mass is 35.5. The van der Waals surface area contributed by atoms with Crippen LogP contribution in [0.3, 0.4) is 0 Å². The maximum absolute atomic E-state index is 12.5. The lowest BCUT2D eigenvalue weighted by Crippen LogP contribution is -1.98. The van der Waals surface area contributed by atoms with Gasteiger partial charge in [-0.05, 0) is 6.07 Å². The SMILES string of the molecule is Fc1cc(Cl)c(F)nc1C(F)F. The smallest absolute Gasteiger partial charge is 0.214 e. The zero-order valence-electron chi connectivity index (χ0n) is 5.49. The lowest BCUT2D eigenvalue weighted by molar-refractivity contribution is 0.139. The average Bonchev–Trinajstić information content (AvgIpc) is 1.96. The standard InChI is InChI=1S/C6H2ClF4N/c7-2-1-3(8)4(5(9)10)12-6(2)11/h1,5H. The van der Waals surface area contributed by atoms with Gasteiger partial charge >= 0.3 is 0 Å². The van der Waals surface area contributed by atoms with E-state index in [4.69, 9.17) is 11.6 Å². The molecule has 6 heteroatoms. The van der Waals surface area contributed by atoms with Crippen molar-refractivity contribution >= 4 is 11.6 Å². The molecule has 0 fully saturated rings. The van der Waals surface area contributed by atoms with Gasteiger partial charge in [0.15, 0.2) is 5.82 Å². The van der Waals surface area contributed by atoms with E-state index < -0.39 is 28.9 Å². The Hall–Kier alpha value is -0.840. The van der Waals surface area contributed by atoms with Gasteiger partial charge in [0.2, 0.25) is 5.95 Å². The first-order valence-electron chi connectivity index (χ1n) is 2.82. The van der Waals surface area contributed by atoms with Crippen molar-refractivity contribution in [1.29, 1.82) is 0 Å². The number of alkyl halides is 2. The molecule has 0 aliphatic carbocycles. The Kier molecular flexibility index (Phi) is 2.52. The summed E-state index contributed by atoms with van der Waals surface area (Å²) in [7, 11) is 0. The van der Waals surface area contributed by atoms with E-state index in [-0.39, 0.29) is 0 Å². The van der Waals surface area contributed by atoms with Crippen molar-refractivity contribution in [3.05, 3.63) is 28.5 Å². The van der Waals surface area contributed by atoms with E-state index in [1.807, 2.05) is 0 Å². The monoisotopic (exact) mass is 199 g/mol. The van der Waals surface area contributed by atoms with Gasteiger partial charge in [0, 0.05) is 0 Å². The summed E-state index contributed by atoms with van der Waals surface area (Å²) in [5.74, 6) is -2.61. The number of nitrogens with zero attached hydrogens (tertiary/aromatic N) is 1. The van der Waals surface area contributed by atoms with Gasteiger partial charge in [0.05, 0.1) is 5.02 Å². The van der Waals surface area contributed by atoms with Crippen LogP contribution in [0.4, 0.5) is 17.6 Å². The molecule has 0 aliphatic rings. The predicted octanol–water partition coefficient (Wildman–Crippen LogP) is 2.95. The first kappa shape index (κ1) is 9.25. The Balaban J connectivity index is 3.23. The molecule has 0 saturated heterocycles. The summed E-state index contributed by atoms with van der Waals surface area (Å²) in [6.07, 6.45) is -3.14. The van der Waals surface area contributed by atoms with Crippen molar-refractivity contribution in [2.24, 2.45) is 0 Å². The number of pyridine rings is 1. The van der Waals surface area contributed by atoms with E-state index in [0.29, 0.717) is 6.07 Å². The zero-order valence-corrected chi connectivity index (χ0v) is 6.25. The molecule has 0 spiro atoms. The molecule has 1 aromatic rings. The topological polar surface area (TPSA) is 12.9 Å². The number of hydrogen-bond acceptors (Lipinski definition) is 1. The molecule has 0 bridgehead atoms. The van der Waals surface area contributed by atoms with Crippen LogP contribution in [0, 0.1) is 11.8 Å². The number of halogens is 5. The molecule has 0 aromatic carbocycles. The summed E-state index contributed by atoms with van der Waals surface area (Å²) >= 11 is 5.07. The fourth-order valence-electron chi connectivity index (χ4n) is 0.610. The molecule has 0 unspecified atom stereocenters. The minimum atomic E-state index is -3.14. The lowest BCUT2D eigenvalue weighted by Gasteiger charge is -2.00. The predicted molar refractivity (Wildman–Crippen MR) is 34.1 cm³/mol. The first-order chi connectivity index (χ1) is 5.52. The van der Waals surface area contributed by atoms with Crippen LogP contribution in [0.25, 0.3) is 0 Å². The second-order valence-electron chi connectivity index (χ2n) is 1.93. The van der Waals surface area contributed by atoms with Gasteiger partial charge in [-0.15, -0.1) is 0 Å². The highest BCUT2D eigenvalue weighted by molar-refractivity contribution is 6.30. The Morgan fingerprint density at radius 1 is 1.33 bits per heavy atom. The second-order valence-corrected chi connectivity index (χ2v) is 2.34. The van der Waals surface area contributed by atoms with Gasteiger partial charge in [-0.2, -0.15) is 4.39 Å². The third-order valence-electron chi connectivity index (χ3n) is 1.12. The van der Waals surface area contributed by atoms with Crippen LogP contribution in [0.1, 0.15) is 12.1 Å². The number of rotatable bonds is 1. The average molecular weight is 200 g/mol. The normalized spacial score (nSPS) is 10.8. The van der Waals surface area contributed by atoms with E-state index in [1.54, 1.807) is 0 Å². The largest absolute Gasteiger partial charge is 0.283 e. The number of hydrogen-bond donors (Lipinski definition) is 0. The Bertz CT molecular complexity index is 302. The van der Waals surface area contributed by atoms with Gasteiger partial charge in [-0.1, -0.05) is 11.6 Å². The quantitative estimate of drug-likeness (QED) is 0.501. The van der Waals surface area contributed by atoms with Crippen molar-refractivity contribution < 1.29 is 17.6 Å². The summed E-state index contributed by atoms with van der Waals surface area (Å²) in [5, 5.41) is -0.614. The van der Waals surface area contributed by atoms with Crippen LogP contribution in [0.15, 0.2) is 6.07 Å².